The van der Waals surface area contributed by atoms with Crippen LogP contribution in [0.1, 0.15) is 55.3 Å². The summed E-state index contributed by atoms with van der Waals surface area (Å²) in [5.74, 6) is 0.906. The predicted octanol–water partition coefficient (Wildman–Crippen LogP) is 3.77. The van der Waals surface area contributed by atoms with E-state index in [0.29, 0.717) is 0 Å². The molecule has 0 unspecified atom stereocenters. The van der Waals surface area contributed by atoms with Gasteiger partial charge in [0.1, 0.15) is 5.01 Å². The third-order valence-corrected chi connectivity index (χ3v) is 4.78. The topological polar surface area (TPSA) is 24.9 Å². The van der Waals surface area contributed by atoms with Gasteiger partial charge in [-0.05, 0) is 31.7 Å². The number of hydrogen-bond acceptors (Lipinski definition) is 3. The van der Waals surface area contributed by atoms with E-state index in [1.54, 1.807) is 0 Å². The third kappa shape index (κ3) is 4.40. The maximum Gasteiger partial charge on any atom is 0.107 e. The number of nitrogens with zero attached hydrogens (tertiary/aromatic N) is 1. The first-order valence-electron chi connectivity index (χ1n) is 7.02. The second-order valence-electron chi connectivity index (χ2n) is 5.06. The number of aromatic nitrogens is 1. The summed E-state index contributed by atoms with van der Waals surface area (Å²) >= 11 is 1.85. The average molecular weight is 252 g/mol. The average Bonchev–Trinajstić information content (AvgIpc) is 2.65. The Kier molecular flexibility index (Phi) is 5.46. The normalized spacial score (nSPS) is 18.2. The fraction of sp³-hybridized carbons (Fsp3) is 0.786. The second kappa shape index (κ2) is 7.12. The van der Waals surface area contributed by atoms with Gasteiger partial charge in [0.25, 0.3) is 0 Å². The van der Waals surface area contributed by atoms with Gasteiger partial charge in [0.2, 0.25) is 0 Å². The van der Waals surface area contributed by atoms with E-state index in [2.05, 4.69) is 17.2 Å². The van der Waals surface area contributed by atoms with Gasteiger partial charge >= 0.3 is 0 Å². The van der Waals surface area contributed by atoms with Gasteiger partial charge in [-0.3, -0.25) is 0 Å². The molecule has 0 bridgehead atoms. The highest BCUT2D eigenvalue weighted by molar-refractivity contribution is 7.11. The van der Waals surface area contributed by atoms with E-state index in [9.17, 15) is 0 Å². The van der Waals surface area contributed by atoms with E-state index in [1.807, 2.05) is 17.5 Å². The van der Waals surface area contributed by atoms with E-state index < -0.39 is 0 Å². The van der Waals surface area contributed by atoms with Crippen LogP contribution in [0, 0.1) is 5.92 Å². The zero-order valence-electron chi connectivity index (χ0n) is 10.9. The Bertz CT molecular complexity index is 314. The molecule has 1 aromatic rings. The first-order chi connectivity index (χ1) is 8.38. The Morgan fingerprint density at radius 2 is 2.06 bits per heavy atom. The van der Waals surface area contributed by atoms with Crippen molar-refractivity contribution in [3.05, 3.63) is 16.1 Å². The van der Waals surface area contributed by atoms with Gasteiger partial charge in [-0.2, -0.15) is 0 Å². The van der Waals surface area contributed by atoms with E-state index in [1.165, 1.54) is 55.0 Å². The molecule has 3 heteroatoms. The van der Waals surface area contributed by atoms with Crippen LogP contribution in [0.2, 0.25) is 0 Å². The van der Waals surface area contributed by atoms with Crippen LogP contribution in [0.25, 0.3) is 0 Å². The van der Waals surface area contributed by atoms with Crippen LogP contribution in [0.4, 0.5) is 0 Å². The first kappa shape index (κ1) is 13.0. The maximum absolute atomic E-state index is 4.44. The molecule has 0 spiro atoms. The standard InChI is InChI=1S/C14H24N2S/c1-2-13-10-16-14(17-13)11-15-9-12-7-5-3-4-6-8-12/h10,12,15H,2-9,11H2,1H3. The van der Waals surface area contributed by atoms with Gasteiger partial charge in [-0.1, -0.05) is 32.6 Å². The van der Waals surface area contributed by atoms with Crippen LogP contribution in [0.5, 0.6) is 0 Å². The fourth-order valence-electron chi connectivity index (χ4n) is 2.54. The molecule has 2 nitrogen and oxygen atoms in total. The molecule has 1 aliphatic carbocycles. The van der Waals surface area contributed by atoms with Crippen molar-refractivity contribution < 1.29 is 0 Å². The molecule has 17 heavy (non-hydrogen) atoms. The van der Waals surface area contributed by atoms with Gasteiger partial charge in [-0.15, -0.1) is 11.3 Å². The molecule has 0 aromatic carbocycles. The summed E-state index contributed by atoms with van der Waals surface area (Å²) in [7, 11) is 0. The van der Waals surface area contributed by atoms with Crippen molar-refractivity contribution in [2.45, 2.75) is 58.4 Å². The number of rotatable bonds is 5. The minimum absolute atomic E-state index is 0.906. The molecule has 0 radical (unpaired) electrons. The summed E-state index contributed by atoms with van der Waals surface area (Å²) < 4.78 is 0. The molecular formula is C14H24N2S. The molecule has 0 aliphatic heterocycles. The van der Waals surface area contributed by atoms with Crippen LogP contribution in [-0.4, -0.2) is 11.5 Å². The van der Waals surface area contributed by atoms with Crippen molar-refractivity contribution >= 4 is 11.3 Å². The van der Waals surface area contributed by atoms with Crippen molar-refractivity contribution in [3.63, 3.8) is 0 Å². The molecule has 0 amide bonds. The van der Waals surface area contributed by atoms with Crippen molar-refractivity contribution in [3.8, 4) is 0 Å². The number of thiazole rings is 1. The van der Waals surface area contributed by atoms with Crippen molar-refractivity contribution in [1.29, 1.82) is 0 Å². The lowest BCUT2D eigenvalue weighted by molar-refractivity contribution is 0.425. The quantitative estimate of drug-likeness (QED) is 0.807. The SMILES string of the molecule is CCc1cnc(CNCC2CCCCCC2)s1. The summed E-state index contributed by atoms with van der Waals surface area (Å²) in [6.45, 7) is 4.33. The molecule has 1 fully saturated rings. The van der Waals surface area contributed by atoms with Crippen LogP contribution < -0.4 is 5.32 Å². The highest BCUT2D eigenvalue weighted by atomic mass is 32.1. The van der Waals surface area contributed by atoms with Gasteiger partial charge in [-0.25, -0.2) is 4.98 Å². The number of nitrogens with one attached hydrogen (secondary N) is 1. The smallest absolute Gasteiger partial charge is 0.107 e. The molecule has 0 saturated heterocycles. The summed E-state index contributed by atoms with van der Waals surface area (Å²) in [5, 5.41) is 4.83. The van der Waals surface area contributed by atoms with Crippen molar-refractivity contribution in [1.82, 2.24) is 10.3 Å². The zero-order chi connectivity index (χ0) is 11.9. The lowest BCUT2D eigenvalue weighted by atomic mass is 10.0. The Morgan fingerprint density at radius 1 is 1.29 bits per heavy atom. The molecule has 1 N–H and O–H groups in total. The molecule has 96 valence electrons. The minimum Gasteiger partial charge on any atom is -0.310 e. The van der Waals surface area contributed by atoms with Crippen LogP contribution >= 0.6 is 11.3 Å². The summed E-state index contributed by atoms with van der Waals surface area (Å²) in [4.78, 5) is 5.84. The van der Waals surface area contributed by atoms with E-state index in [-0.39, 0.29) is 0 Å². The molecule has 2 rings (SSSR count). The van der Waals surface area contributed by atoms with E-state index in [4.69, 9.17) is 0 Å². The van der Waals surface area contributed by atoms with Crippen molar-refractivity contribution in [2.24, 2.45) is 5.92 Å². The van der Waals surface area contributed by atoms with Crippen molar-refractivity contribution in [2.75, 3.05) is 6.54 Å². The molecule has 0 atom stereocenters. The third-order valence-electron chi connectivity index (χ3n) is 3.63. The van der Waals surface area contributed by atoms with Gasteiger partial charge < -0.3 is 5.32 Å². The Hall–Kier alpha value is -0.410. The highest BCUT2D eigenvalue weighted by Crippen LogP contribution is 2.22. The lowest BCUT2D eigenvalue weighted by Gasteiger charge is -2.13. The fourth-order valence-corrected chi connectivity index (χ4v) is 3.38. The highest BCUT2D eigenvalue weighted by Gasteiger charge is 2.11. The van der Waals surface area contributed by atoms with Crippen LogP contribution in [0.15, 0.2) is 6.20 Å². The molecule has 1 aliphatic rings. The van der Waals surface area contributed by atoms with Gasteiger partial charge in [0, 0.05) is 17.6 Å². The predicted molar refractivity (Wildman–Crippen MR) is 74.4 cm³/mol. The second-order valence-corrected chi connectivity index (χ2v) is 6.26. The monoisotopic (exact) mass is 252 g/mol. The van der Waals surface area contributed by atoms with Gasteiger partial charge in [0.15, 0.2) is 0 Å². The van der Waals surface area contributed by atoms with E-state index in [0.717, 1.165) is 18.9 Å². The molecular weight excluding hydrogens is 228 g/mol. The number of hydrogen-bond donors (Lipinski definition) is 1. The Balaban J connectivity index is 1.67. The molecule has 1 aromatic heterocycles. The minimum atomic E-state index is 0.906. The summed E-state index contributed by atoms with van der Waals surface area (Å²) in [6, 6.07) is 0. The summed E-state index contributed by atoms with van der Waals surface area (Å²) in [5.41, 5.74) is 0. The molecule has 1 heterocycles. The maximum atomic E-state index is 4.44. The number of aryl methyl sites for hydroxylation is 1. The largest absolute Gasteiger partial charge is 0.310 e. The zero-order valence-corrected chi connectivity index (χ0v) is 11.7. The summed E-state index contributed by atoms with van der Waals surface area (Å²) in [6.07, 6.45) is 11.7. The van der Waals surface area contributed by atoms with E-state index >= 15 is 0 Å². The Labute approximate surface area is 109 Å². The molecule has 1 saturated carbocycles. The first-order valence-corrected chi connectivity index (χ1v) is 7.84. The van der Waals surface area contributed by atoms with Gasteiger partial charge in [0.05, 0.1) is 0 Å². The van der Waals surface area contributed by atoms with Crippen LogP contribution in [0.3, 0.4) is 0 Å². The Morgan fingerprint density at radius 3 is 2.71 bits per heavy atom. The lowest BCUT2D eigenvalue weighted by Crippen LogP contribution is -2.22. The van der Waals surface area contributed by atoms with Crippen LogP contribution in [-0.2, 0) is 13.0 Å².